The van der Waals surface area contributed by atoms with Crippen molar-refractivity contribution in [2.24, 2.45) is 0 Å². The van der Waals surface area contributed by atoms with E-state index in [-0.39, 0.29) is 30.2 Å². The number of hydrogen-bond acceptors (Lipinski definition) is 5. The highest BCUT2D eigenvalue weighted by Gasteiger charge is 2.18. The van der Waals surface area contributed by atoms with Crippen LogP contribution in [0.3, 0.4) is 0 Å². The molecule has 0 radical (unpaired) electrons. The van der Waals surface area contributed by atoms with Crippen molar-refractivity contribution in [3.8, 4) is 0 Å². The highest BCUT2D eigenvalue weighted by molar-refractivity contribution is 6.27. The van der Waals surface area contributed by atoms with Crippen molar-refractivity contribution in [3.63, 3.8) is 0 Å². The van der Waals surface area contributed by atoms with Crippen LogP contribution in [0.5, 0.6) is 0 Å². The number of carbonyl (C=O) groups is 3. The van der Waals surface area contributed by atoms with Crippen LogP contribution in [0.15, 0.2) is 60.7 Å². The maximum absolute atomic E-state index is 13.3. The summed E-state index contributed by atoms with van der Waals surface area (Å²) in [5.41, 5.74) is 7.34. The molecule has 5 N–H and O–H groups in total. The van der Waals surface area contributed by atoms with Gasteiger partial charge in [-0.3, -0.25) is 19.8 Å². The molecule has 3 aromatic carbocycles. The van der Waals surface area contributed by atoms with Gasteiger partial charge in [-0.1, -0.05) is 48.5 Å². The van der Waals surface area contributed by atoms with Crippen molar-refractivity contribution < 1.29 is 19.5 Å². The quantitative estimate of drug-likeness (QED) is 0.167. The number of alkyl halides is 1. The van der Waals surface area contributed by atoms with Crippen LogP contribution in [-0.4, -0.2) is 34.9 Å². The van der Waals surface area contributed by atoms with E-state index in [4.69, 9.17) is 11.6 Å². The van der Waals surface area contributed by atoms with E-state index in [1.165, 1.54) is 6.92 Å². The summed E-state index contributed by atoms with van der Waals surface area (Å²) < 4.78 is 0. The normalized spacial score (nSPS) is 12.6. The number of rotatable bonds is 10. The monoisotopic (exact) mass is 496 g/mol. The molecule has 0 aliphatic carbocycles. The minimum Gasteiger partial charge on any atom is -0.377 e. The van der Waals surface area contributed by atoms with Gasteiger partial charge in [-0.2, -0.15) is 0 Å². The molecule has 1 unspecified atom stereocenters. The van der Waals surface area contributed by atoms with Crippen molar-refractivity contribution >= 4 is 45.8 Å². The lowest BCUT2D eigenvalue weighted by Crippen LogP contribution is -2.45. The third kappa shape index (κ3) is 7.26. The summed E-state index contributed by atoms with van der Waals surface area (Å²) in [5.74, 6) is -1.25. The van der Waals surface area contributed by atoms with Gasteiger partial charge in [0, 0.05) is 18.2 Å². The van der Waals surface area contributed by atoms with Gasteiger partial charge < -0.3 is 15.7 Å². The van der Waals surface area contributed by atoms with E-state index in [2.05, 4.69) is 21.5 Å². The number of hydrogen-bond donors (Lipinski definition) is 5. The number of hydrazine groups is 1. The molecule has 0 aliphatic heterocycles. The summed E-state index contributed by atoms with van der Waals surface area (Å²) in [4.78, 5) is 36.1. The van der Waals surface area contributed by atoms with E-state index >= 15 is 0 Å². The Kier molecular flexibility index (Phi) is 9.19. The highest BCUT2D eigenvalue weighted by atomic mass is 35.5. The smallest absolute Gasteiger partial charge is 0.252 e. The van der Waals surface area contributed by atoms with Gasteiger partial charge in [0.25, 0.3) is 5.91 Å². The molecule has 184 valence electrons. The van der Waals surface area contributed by atoms with Gasteiger partial charge in [-0.15, -0.1) is 11.6 Å². The molecule has 35 heavy (non-hydrogen) atoms. The maximum Gasteiger partial charge on any atom is 0.252 e. The summed E-state index contributed by atoms with van der Waals surface area (Å²) in [6.45, 7) is 3.32. The van der Waals surface area contributed by atoms with Gasteiger partial charge in [-0.05, 0) is 53.8 Å². The first-order valence-electron chi connectivity index (χ1n) is 11.3. The van der Waals surface area contributed by atoms with Crippen LogP contribution < -0.4 is 21.5 Å². The molecule has 8 nitrogen and oxygen atoms in total. The first-order valence-corrected chi connectivity index (χ1v) is 11.8. The fraction of sp³-hybridized carbons (Fsp3) is 0.269. The van der Waals surface area contributed by atoms with Crippen LogP contribution in [0.2, 0.25) is 0 Å². The molecular formula is C26H29ClN4O4. The summed E-state index contributed by atoms with van der Waals surface area (Å²) in [7, 11) is 0. The SMILES string of the molecule is CC(=O)Nc1ccc(CCC(O)NNC(=O)CCl)c(C(=O)N[C@H](C)c2cccc3ccccc23)c1. The molecule has 2 atom stereocenters. The number of amides is 3. The average molecular weight is 497 g/mol. The molecule has 3 aromatic rings. The van der Waals surface area contributed by atoms with Crippen LogP contribution in [0, 0.1) is 0 Å². The Hall–Kier alpha value is -3.46. The molecule has 0 aromatic heterocycles. The Bertz CT molecular complexity index is 1210. The number of carbonyl (C=O) groups excluding carboxylic acids is 3. The van der Waals surface area contributed by atoms with Crippen molar-refractivity contribution in [1.82, 2.24) is 16.2 Å². The standard InChI is InChI=1S/C26H29ClN4O4/c1-16(21-9-5-7-18-6-3-4-8-22(18)21)28-26(35)23-14-20(29-17(2)32)12-10-19(23)11-13-24(33)30-31-25(34)15-27/h3-10,12,14,16,24,30,33H,11,13,15H2,1-2H3,(H,28,35)(H,29,32)(H,31,34)/t16-,24?/m1/s1. The average Bonchev–Trinajstić information content (AvgIpc) is 2.85. The van der Waals surface area contributed by atoms with Crippen LogP contribution in [0.4, 0.5) is 5.69 Å². The number of fused-ring (bicyclic) bond motifs is 1. The number of anilines is 1. The lowest BCUT2D eigenvalue weighted by atomic mass is 9.98. The summed E-state index contributed by atoms with van der Waals surface area (Å²) in [5, 5.41) is 18.0. The second-order valence-electron chi connectivity index (χ2n) is 8.20. The highest BCUT2D eigenvalue weighted by Crippen LogP contribution is 2.25. The van der Waals surface area contributed by atoms with Gasteiger partial charge in [0.1, 0.15) is 12.1 Å². The Morgan fingerprint density at radius 3 is 2.51 bits per heavy atom. The fourth-order valence-corrected chi connectivity index (χ4v) is 3.90. The molecule has 0 saturated heterocycles. The lowest BCUT2D eigenvalue weighted by molar-refractivity contribution is -0.120. The number of aryl methyl sites for hydroxylation is 1. The minimum absolute atomic E-state index is 0.223. The molecule has 0 heterocycles. The molecule has 0 aliphatic rings. The van der Waals surface area contributed by atoms with Crippen molar-refractivity contribution in [2.45, 2.75) is 39.0 Å². The second kappa shape index (κ2) is 12.3. The van der Waals surface area contributed by atoms with Gasteiger partial charge >= 0.3 is 0 Å². The third-order valence-electron chi connectivity index (χ3n) is 5.50. The van der Waals surface area contributed by atoms with Crippen molar-refractivity contribution in [3.05, 3.63) is 77.4 Å². The van der Waals surface area contributed by atoms with E-state index in [1.54, 1.807) is 18.2 Å². The number of benzene rings is 3. The summed E-state index contributed by atoms with van der Waals surface area (Å²) in [6.07, 6.45) is -0.472. The lowest BCUT2D eigenvalue weighted by Gasteiger charge is -2.19. The van der Waals surface area contributed by atoms with E-state index in [0.29, 0.717) is 23.2 Å². The first kappa shape index (κ1) is 26.2. The molecule has 0 spiro atoms. The molecule has 0 fully saturated rings. The van der Waals surface area contributed by atoms with Crippen LogP contribution in [-0.2, 0) is 16.0 Å². The van der Waals surface area contributed by atoms with E-state index in [0.717, 1.165) is 16.3 Å². The Morgan fingerprint density at radius 2 is 1.77 bits per heavy atom. The van der Waals surface area contributed by atoms with Crippen molar-refractivity contribution in [1.29, 1.82) is 0 Å². The summed E-state index contributed by atoms with van der Waals surface area (Å²) >= 11 is 5.42. The molecule has 3 amide bonds. The summed E-state index contributed by atoms with van der Waals surface area (Å²) in [6, 6.07) is 18.7. The van der Waals surface area contributed by atoms with Crippen LogP contribution in [0.25, 0.3) is 10.8 Å². The van der Waals surface area contributed by atoms with Crippen molar-refractivity contribution in [2.75, 3.05) is 11.2 Å². The number of nitrogens with one attached hydrogen (secondary N) is 4. The largest absolute Gasteiger partial charge is 0.377 e. The zero-order chi connectivity index (χ0) is 25.4. The maximum atomic E-state index is 13.3. The molecule has 0 saturated carbocycles. The van der Waals surface area contributed by atoms with Gasteiger partial charge in [0.2, 0.25) is 11.8 Å². The second-order valence-corrected chi connectivity index (χ2v) is 8.46. The number of halogens is 1. The topological polar surface area (TPSA) is 120 Å². The van der Waals surface area contributed by atoms with Gasteiger partial charge in [0.05, 0.1) is 6.04 Å². The zero-order valence-electron chi connectivity index (χ0n) is 19.6. The molecular weight excluding hydrogens is 468 g/mol. The van der Waals surface area contributed by atoms with E-state index in [9.17, 15) is 19.5 Å². The molecule has 0 bridgehead atoms. The van der Waals surface area contributed by atoms with Crippen LogP contribution in [0.1, 0.15) is 47.8 Å². The van der Waals surface area contributed by atoms with Gasteiger partial charge in [0.15, 0.2) is 0 Å². The Morgan fingerprint density at radius 1 is 1.03 bits per heavy atom. The number of aliphatic hydroxyl groups is 1. The predicted molar refractivity (Wildman–Crippen MR) is 137 cm³/mol. The third-order valence-corrected chi connectivity index (χ3v) is 5.74. The van der Waals surface area contributed by atoms with Crippen LogP contribution >= 0.6 is 11.6 Å². The fourth-order valence-electron chi connectivity index (χ4n) is 3.83. The molecule has 9 heteroatoms. The minimum atomic E-state index is -1.04. The molecule has 3 rings (SSSR count). The van der Waals surface area contributed by atoms with E-state index < -0.39 is 12.1 Å². The van der Waals surface area contributed by atoms with Gasteiger partial charge in [-0.25, -0.2) is 5.43 Å². The number of aliphatic hydroxyl groups excluding tert-OH is 1. The van der Waals surface area contributed by atoms with E-state index in [1.807, 2.05) is 49.4 Å². The Balaban J connectivity index is 1.79. The Labute approximate surface area is 209 Å². The first-order chi connectivity index (χ1) is 16.8. The predicted octanol–water partition coefficient (Wildman–Crippen LogP) is 3.40. The zero-order valence-corrected chi connectivity index (χ0v) is 20.4.